The Bertz CT molecular complexity index is 528. The van der Waals surface area contributed by atoms with E-state index in [2.05, 4.69) is 51.5 Å². The quantitative estimate of drug-likeness (QED) is 0.623. The number of nitrogens with one attached hydrogen (secondary N) is 1. The lowest BCUT2D eigenvalue weighted by Crippen LogP contribution is -2.23. The predicted molar refractivity (Wildman–Crippen MR) is 89.0 cm³/mol. The zero-order valence-electron chi connectivity index (χ0n) is 12.1. The smallest absolute Gasteiger partial charge is 0.191 e. The minimum atomic E-state index is 0.808. The van der Waals surface area contributed by atoms with Gasteiger partial charge in [0.1, 0.15) is 11.6 Å². The average molecular weight is 308 g/mol. The van der Waals surface area contributed by atoms with Gasteiger partial charge in [0.2, 0.25) is 0 Å². The molecule has 2 aromatic rings. The molecular formula is C14H20N4S2. The molecule has 0 bridgehead atoms. The maximum Gasteiger partial charge on any atom is 0.191 e. The molecule has 4 nitrogen and oxygen atoms in total. The van der Waals surface area contributed by atoms with E-state index in [9.17, 15) is 0 Å². The summed E-state index contributed by atoms with van der Waals surface area (Å²) in [6.07, 6.45) is 2.00. The topological polar surface area (TPSA) is 41.0 Å². The molecule has 2 heterocycles. The van der Waals surface area contributed by atoms with Crippen molar-refractivity contribution in [2.45, 2.75) is 25.5 Å². The number of nitrogens with zero attached hydrogens (tertiary/aromatic N) is 3. The van der Waals surface area contributed by atoms with Crippen LogP contribution in [0.25, 0.3) is 0 Å². The van der Waals surface area contributed by atoms with Crippen molar-refractivity contribution in [2.24, 2.45) is 0 Å². The fourth-order valence-corrected chi connectivity index (χ4v) is 2.98. The molecule has 1 N–H and O–H groups in total. The summed E-state index contributed by atoms with van der Waals surface area (Å²) >= 11 is 3.35. The van der Waals surface area contributed by atoms with Crippen LogP contribution in [0.2, 0.25) is 0 Å². The van der Waals surface area contributed by atoms with E-state index in [0.717, 1.165) is 36.4 Å². The molecular weight excluding hydrogens is 288 g/mol. The maximum absolute atomic E-state index is 4.63. The number of aromatic nitrogens is 2. The van der Waals surface area contributed by atoms with Crippen LogP contribution in [0.5, 0.6) is 0 Å². The molecule has 0 aliphatic carbocycles. The minimum Gasteiger partial charge on any atom is -0.370 e. The second-order valence-corrected chi connectivity index (χ2v) is 6.03. The first-order chi connectivity index (χ1) is 9.76. The van der Waals surface area contributed by atoms with Gasteiger partial charge in [-0.3, -0.25) is 0 Å². The van der Waals surface area contributed by atoms with Gasteiger partial charge in [-0.25, -0.2) is 9.97 Å². The number of rotatable bonds is 7. The molecule has 0 amide bonds. The normalized spacial score (nSPS) is 10.6. The molecule has 20 heavy (non-hydrogen) atoms. The van der Waals surface area contributed by atoms with Crippen molar-refractivity contribution in [3.63, 3.8) is 0 Å². The van der Waals surface area contributed by atoms with Crippen LogP contribution in [0.15, 0.2) is 28.7 Å². The van der Waals surface area contributed by atoms with Gasteiger partial charge in [0.15, 0.2) is 5.16 Å². The van der Waals surface area contributed by atoms with Gasteiger partial charge in [0, 0.05) is 24.0 Å². The van der Waals surface area contributed by atoms with E-state index in [1.165, 1.54) is 4.88 Å². The van der Waals surface area contributed by atoms with Gasteiger partial charge in [-0.05, 0) is 31.5 Å². The molecule has 0 fully saturated rings. The average Bonchev–Trinajstić information content (AvgIpc) is 2.97. The first-order valence-electron chi connectivity index (χ1n) is 6.71. The van der Waals surface area contributed by atoms with Crippen LogP contribution < -0.4 is 10.2 Å². The van der Waals surface area contributed by atoms with Crippen molar-refractivity contribution in [3.8, 4) is 0 Å². The Morgan fingerprint density at radius 2 is 2.20 bits per heavy atom. The maximum atomic E-state index is 4.63. The van der Waals surface area contributed by atoms with Crippen LogP contribution >= 0.6 is 23.1 Å². The first-order valence-corrected chi connectivity index (χ1v) is 8.81. The highest BCUT2D eigenvalue weighted by Gasteiger charge is 2.11. The summed E-state index contributed by atoms with van der Waals surface area (Å²) in [6.45, 7) is 6.91. The number of anilines is 2. The highest BCUT2D eigenvalue weighted by atomic mass is 32.2. The third kappa shape index (κ3) is 3.86. The van der Waals surface area contributed by atoms with Crippen LogP contribution in [-0.4, -0.2) is 29.3 Å². The third-order valence-corrected chi connectivity index (χ3v) is 4.27. The van der Waals surface area contributed by atoms with E-state index in [1.54, 1.807) is 23.1 Å². The number of thioether (sulfide) groups is 1. The van der Waals surface area contributed by atoms with Gasteiger partial charge in [-0.15, -0.1) is 11.3 Å². The van der Waals surface area contributed by atoms with Gasteiger partial charge in [-0.2, -0.15) is 0 Å². The Hall–Kier alpha value is -1.27. The molecule has 6 heteroatoms. The zero-order valence-corrected chi connectivity index (χ0v) is 13.7. The van der Waals surface area contributed by atoms with Crippen LogP contribution in [0.4, 0.5) is 11.6 Å². The van der Waals surface area contributed by atoms with Crippen molar-refractivity contribution in [3.05, 3.63) is 28.5 Å². The van der Waals surface area contributed by atoms with Crippen molar-refractivity contribution in [1.82, 2.24) is 9.97 Å². The molecule has 0 radical (unpaired) electrons. The van der Waals surface area contributed by atoms with Crippen LogP contribution in [0.3, 0.4) is 0 Å². The second-order valence-electron chi connectivity index (χ2n) is 4.22. The summed E-state index contributed by atoms with van der Waals surface area (Å²) in [5, 5.41) is 6.19. The van der Waals surface area contributed by atoms with E-state index in [1.807, 2.05) is 12.3 Å². The highest BCUT2D eigenvalue weighted by molar-refractivity contribution is 7.98. The second kappa shape index (κ2) is 7.50. The summed E-state index contributed by atoms with van der Waals surface area (Å²) in [7, 11) is 0. The summed E-state index contributed by atoms with van der Waals surface area (Å²) in [5.74, 6) is 1.88. The van der Waals surface area contributed by atoms with Crippen LogP contribution in [0, 0.1) is 0 Å². The molecule has 108 valence electrons. The Kier molecular flexibility index (Phi) is 5.67. The van der Waals surface area contributed by atoms with Crippen LogP contribution in [0.1, 0.15) is 18.7 Å². The van der Waals surface area contributed by atoms with Gasteiger partial charge in [0.25, 0.3) is 0 Å². The van der Waals surface area contributed by atoms with Crippen molar-refractivity contribution in [2.75, 3.05) is 29.6 Å². The number of hydrogen-bond donors (Lipinski definition) is 1. The molecule has 0 spiro atoms. The molecule has 0 aliphatic rings. The van der Waals surface area contributed by atoms with E-state index < -0.39 is 0 Å². The van der Waals surface area contributed by atoms with Gasteiger partial charge < -0.3 is 10.2 Å². The standard InChI is InChI=1S/C14H20N4S2/c1-4-15-12-9-13(17-14(16-12)19-3)18(5-2)10-11-7-6-8-20-11/h6-9H,4-5,10H2,1-3H3,(H,15,16,17). The van der Waals surface area contributed by atoms with Crippen molar-refractivity contribution >= 4 is 34.7 Å². The highest BCUT2D eigenvalue weighted by Crippen LogP contribution is 2.22. The summed E-state index contributed by atoms with van der Waals surface area (Å²) < 4.78 is 0. The van der Waals surface area contributed by atoms with E-state index in [0.29, 0.717) is 0 Å². The summed E-state index contributed by atoms with van der Waals surface area (Å²) in [4.78, 5) is 12.7. The molecule has 0 saturated heterocycles. The molecule has 0 atom stereocenters. The van der Waals surface area contributed by atoms with E-state index in [4.69, 9.17) is 0 Å². The Morgan fingerprint density at radius 3 is 2.80 bits per heavy atom. The van der Waals surface area contributed by atoms with Gasteiger partial charge in [-0.1, -0.05) is 17.8 Å². The Labute approximate surface area is 128 Å². The fraction of sp³-hybridized carbons (Fsp3) is 0.429. The Balaban J connectivity index is 2.25. The molecule has 2 rings (SSSR count). The summed E-state index contributed by atoms with van der Waals surface area (Å²) in [5.41, 5.74) is 0. The molecule has 0 unspecified atom stereocenters. The first kappa shape index (κ1) is 15.1. The predicted octanol–water partition coefficient (Wildman–Crippen LogP) is 3.72. The number of thiophene rings is 1. The monoisotopic (exact) mass is 308 g/mol. The third-order valence-electron chi connectivity index (χ3n) is 2.87. The van der Waals surface area contributed by atoms with Gasteiger partial charge >= 0.3 is 0 Å². The molecule has 0 saturated carbocycles. The lowest BCUT2D eigenvalue weighted by atomic mass is 10.4. The molecule has 2 aromatic heterocycles. The lowest BCUT2D eigenvalue weighted by molar-refractivity contribution is 0.800. The summed E-state index contributed by atoms with van der Waals surface area (Å²) in [6, 6.07) is 6.28. The largest absolute Gasteiger partial charge is 0.370 e. The van der Waals surface area contributed by atoms with Gasteiger partial charge in [0.05, 0.1) is 6.54 Å². The van der Waals surface area contributed by atoms with Crippen molar-refractivity contribution in [1.29, 1.82) is 0 Å². The number of hydrogen-bond acceptors (Lipinski definition) is 6. The molecule has 0 aliphatic heterocycles. The SMILES string of the molecule is CCNc1cc(N(CC)Cc2cccs2)nc(SC)n1. The Morgan fingerprint density at radius 1 is 1.35 bits per heavy atom. The molecule has 0 aromatic carbocycles. The van der Waals surface area contributed by atoms with E-state index >= 15 is 0 Å². The van der Waals surface area contributed by atoms with Crippen LogP contribution in [-0.2, 0) is 6.54 Å². The van der Waals surface area contributed by atoms with Crippen molar-refractivity contribution < 1.29 is 0 Å². The van der Waals surface area contributed by atoms with E-state index in [-0.39, 0.29) is 0 Å². The fourth-order valence-electron chi connectivity index (χ4n) is 1.88. The zero-order chi connectivity index (χ0) is 14.4. The lowest BCUT2D eigenvalue weighted by Gasteiger charge is -2.22. The minimum absolute atomic E-state index is 0.808.